The number of hydrogen-bond donors (Lipinski definition) is 1. The predicted octanol–water partition coefficient (Wildman–Crippen LogP) is 2.56. The summed E-state index contributed by atoms with van der Waals surface area (Å²) in [5.41, 5.74) is 0.685. The van der Waals surface area contributed by atoms with E-state index in [1.165, 1.54) is 6.42 Å². The van der Waals surface area contributed by atoms with Crippen molar-refractivity contribution in [2.24, 2.45) is 5.92 Å². The maximum Gasteiger partial charge on any atom is 0.254 e. The Labute approximate surface area is 162 Å². The van der Waals surface area contributed by atoms with Crippen molar-refractivity contribution < 1.29 is 9.59 Å². The van der Waals surface area contributed by atoms with Gasteiger partial charge in [-0.1, -0.05) is 31.0 Å². The number of benzene rings is 1. The first-order valence-electron chi connectivity index (χ1n) is 9.40. The number of hydrogen-bond acceptors (Lipinski definition) is 3. The lowest BCUT2D eigenvalue weighted by atomic mass is 9.84. The highest BCUT2D eigenvalue weighted by atomic mass is 35.5. The van der Waals surface area contributed by atoms with Crippen molar-refractivity contribution >= 4 is 24.2 Å². The van der Waals surface area contributed by atoms with Gasteiger partial charge in [0.05, 0.1) is 0 Å². The number of halogens is 1. The van der Waals surface area contributed by atoms with Crippen molar-refractivity contribution in [2.75, 3.05) is 27.2 Å². The summed E-state index contributed by atoms with van der Waals surface area (Å²) < 4.78 is 0. The number of carbonyl (C=O) groups is 2. The molecule has 1 aliphatic carbocycles. The first-order chi connectivity index (χ1) is 12.1. The largest absolute Gasteiger partial charge is 0.343 e. The molecule has 1 N–H and O–H groups in total. The van der Waals surface area contributed by atoms with E-state index < -0.39 is 0 Å². The van der Waals surface area contributed by atoms with E-state index in [1.54, 1.807) is 4.90 Å². The first kappa shape index (κ1) is 20.7. The second-order valence-corrected chi connectivity index (χ2v) is 7.31. The molecule has 1 aliphatic heterocycles. The number of carbonyl (C=O) groups excluding carboxylic acids is 2. The van der Waals surface area contributed by atoms with Crippen LogP contribution < -0.4 is 5.32 Å². The molecule has 5 nitrogen and oxygen atoms in total. The quantitative estimate of drug-likeness (QED) is 0.855. The number of nitrogens with one attached hydrogen (secondary N) is 1. The molecule has 1 saturated heterocycles. The van der Waals surface area contributed by atoms with E-state index in [9.17, 15) is 9.59 Å². The van der Waals surface area contributed by atoms with Gasteiger partial charge in [0, 0.05) is 31.7 Å². The summed E-state index contributed by atoms with van der Waals surface area (Å²) in [6.45, 7) is 1.42. The summed E-state index contributed by atoms with van der Waals surface area (Å²) in [5.74, 6) is 0.553. The highest BCUT2D eigenvalue weighted by molar-refractivity contribution is 5.98. The maximum absolute atomic E-state index is 13.2. The normalized spacial score (nSPS) is 24.5. The molecular formula is C20H30ClN3O2. The second kappa shape index (κ2) is 9.38. The molecule has 144 valence electrons. The highest BCUT2D eigenvalue weighted by Crippen LogP contribution is 2.40. The van der Waals surface area contributed by atoms with Gasteiger partial charge in [-0.2, -0.15) is 0 Å². The molecule has 2 amide bonds. The van der Waals surface area contributed by atoms with Crippen molar-refractivity contribution in [3.63, 3.8) is 0 Å². The van der Waals surface area contributed by atoms with Gasteiger partial charge >= 0.3 is 0 Å². The van der Waals surface area contributed by atoms with Crippen LogP contribution in [-0.2, 0) is 4.79 Å². The number of likely N-dealkylation sites (N-methyl/N-ethyl adjacent to an activating group) is 2. The Balaban J connectivity index is 0.00000243. The summed E-state index contributed by atoms with van der Waals surface area (Å²) in [5, 5.41) is 3.08. The summed E-state index contributed by atoms with van der Waals surface area (Å²) in [6.07, 6.45) is 5.33. The first-order valence-corrected chi connectivity index (χ1v) is 9.40. The van der Waals surface area contributed by atoms with Gasteiger partial charge in [-0.15, -0.1) is 12.4 Å². The second-order valence-electron chi connectivity index (χ2n) is 7.31. The molecule has 3 unspecified atom stereocenters. The zero-order chi connectivity index (χ0) is 17.8. The lowest BCUT2D eigenvalue weighted by Crippen LogP contribution is -2.50. The molecule has 3 rings (SSSR count). The Kier molecular flexibility index (Phi) is 7.47. The molecule has 1 heterocycles. The fourth-order valence-electron chi connectivity index (χ4n) is 4.35. The topological polar surface area (TPSA) is 52.7 Å². The summed E-state index contributed by atoms with van der Waals surface area (Å²) in [4.78, 5) is 29.9. The SMILES string of the molecule is CNCCN(C)C(=O)C1CC2CCCCC2N1C(=O)c1ccccc1.Cl. The van der Waals surface area contributed by atoms with Crippen molar-refractivity contribution in [3.05, 3.63) is 35.9 Å². The van der Waals surface area contributed by atoms with Gasteiger partial charge in [0.15, 0.2) is 0 Å². The van der Waals surface area contributed by atoms with E-state index in [4.69, 9.17) is 0 Å². The van der Waals surface area contributed by atoms with Crippen LogP contribution >= 0.6 is 12.4 Å². The van der Waals surface area contributed by atoms with Crippen LogP contribution in [-0.4, -0.2) is 60.9 Å². The molecule has 1 aromatic carbocycles. The number of rotatable bonds is 5. The lowest BCUT2D eigenvalue weighted by molar-refractivity contribution is -0.134. The van der Waals surface area contributed by atoms with Crippen LogP contribution in [0.1, 0.15) is 42.5 Å². The average Bonchev–Trinajstić information content (AvgIpc) is 3.05. The van der Waals surface area contributed by atoms with Crippen LogP contribution in [0.2, 0.25) is 0 Å². The molecule has 6 heteroatoms. The van der Waals surface area contributed by atoms with Crippen molar-refractivity contribution in [2.45, 2.75) is 44.2 Å². The molecule has 2 aliphatic rings. The van der Waals surface area contributed by atoms with Gasteiger partial charge < -0.3 is 15.1 Å². The minimum absolute atomic E-state index is 0. The zero-order valence-electron chi connectivity index (χ0n) is 15.7. The lowest BCUT2D eigenvalue weighted by Gasteiger charge is -2.34. The smallest absolute Gasteiger partial charge is 0.254 e. The van der Waals surface area contributed by atoms with Crippen LogP contribution in [0.15, 0.2) is 30.3 Å². The Morgan fingerprint density at radius 2 is 1.88 bits per heavy atom. The van der Waals surface area contributed by atoms with Crippen molar-refractivity contribution in [3.8, 4) is 0 Å². The predicted molar refractivity (Wildman–Crippen MR) is 106 cm³/mol. The van der Waals surface area contributed by atoms with Crippen LogP contribution in [0.4, 0.5) is 0 Å². The van der Waals surface area contributed by atoms with Crippen LogP contribution in [0.25, 0.3) is 0 Å². The van der Waals surface area contributed by atoms with Crippen molar-refractivity contribution in [1.82, 2.24) is 15.1 Å². The summed E-state index contributed by atoms with van der Waals surface area (Å²) in [7, 11) is 3.72. The maximum atomic E-state index is 13.2. The van der Waals surface area contributed by atoms with Gasteiger partial charge in [0.1, 0.15) is 6.04 Å². The molecule has 0 bridgehead atoms. The summed E-state index contributed by atoms with van der Waals surface area (Å²) in [6, 6.07) is 9.29. The van der Waals surface area contributed by atoms with Gasteiger partial charge in [-0.05, 0) is 44.4 Å². The fourth-order valence-corrected chi connectivity index (χ4v) is 4.35. The molecule has 1 aromatic rings. The van der Waals surface area contributed by atoms with Gasteiger partial charge in [0.25, 0.3) is 5.91 Å². The third-order valence-electron chi connectivity index (χ3n) is 5.70. The fraction of sp³-hybridized carbons (Fsp3) is 0.600. The molecule has 3 atom stereocenters. The molecule has 0 radical (unpaired) electrons. The third kappa shape index (κ3) is 4.21. The van der Waals surface area contributed by atoms with E-state index in [1.807, 2.05) is 49.3 Å². The van der Waals surface area contributed by atoms with Gasteiger partial charge in [-0.25, -0.2) is 0 Å². The molecule has 26 heavy (non-hydrogen) atoms. The average molecular weight is 380 g/mol. The van der Waals surface area contributed by atoms with E-state index in [2.05, 4.69) is 5.32 Å². The standard InChI is InChI=1S/C20H29N3O2.ClH/c1-21-12-13-22(2)20(25)18-14-16-10-6-7-11-17(16)23(18)19(24)15-8-4-3-5-9-15;/h3-5,8-9,16-18,21H,6-7,10-14H2,1-2H3;1H. The Morgan fingerprint density at radius 1 is 1.19 bits per heavy atom. The monoisotopic (exact) mass is 379 g/mol. The minimum Gasteiger partial charge on any atom is -0.343 e. The molecule has 0 spiro atoms. The van der Waals surface area contributed by atoms with Crippen LogP contribution in [0.3, 0.4) is 0 Å². The number of fused-ring (bicyclic) bond motifs is 1. The number of likely N-dealkylation sites (tertiary alicyclic amines) is 1. The van der Waals surface area contributed by atoms with Crippen LogP contribution in [0.5, 0.6) is 0 Å². The Hall–Kier alpha value is -1.59. The third-order valence-corrected chi connectivity index (χ3v) is 5.70. The molecule has 0 aromatic heterocycles. The highest BCUT2D eigenvalue weighted by Gasteiger charge is 2.48. The Morgan fingerprint density at radius 3 is 2.58 bits per heavy atom. The van der Waals surface area contributed by atoms with E-state index in [0.29, 0.717) is 18.0 Å². The number of amides is 2. The van der Waals surface area contributed by atoms with Crippen LogP contribution in [0, 0.1) is 5.92 Å². The van der Waals surface area contributed by atoms with E-state index >= 15 is 0 Å². The van der Waals surface area contributed by atoms with Crippen molar-refractivity contribution in [1.29, 1.82) is 0 Å². The van der Waals surface area contributed by atoms with E-state index in [-0.39, 0.29) is 36.3 Å². The molecular weight excluding hydrogens is 350 g/mol. The minimum atomic E-state index is -0.317. The Bertz CT molecular complexity index is 610. The summed E-state index contributed by atoms with van der Waals surface area (Å²) >= 11 is 0. The number of nitrogens with zero attached hydrogens (tertiary/aromatic N) is 2. The molecule has 1 saturated carbocycles. The van der Waals surface area contributed by atoms with E-state index in [0.717, 1.165) is 32.2 Å². The van der Waals surface area contributed by atoms with Gasteiger partial charge in [-0.3, -0.25) is 9.59 Å². The zero-order valence-corrected chi connectivity index (χ0v) is 16.5. The van der Waals surface area contributed by atoms with Gasteiger partial charge in [0.2, 0.25) is 5.91 Å². The molecule has 2 fully saturated rings.